The van der Waals surface area contributed by atoms with Crippen molar-refractivity contribution in [3.63, 3.8) is 0 Å². The summed E-state index contributed by atoms with van der Waals surface area (Å²) in [4.78, 5) is 0. The molecule has 1 rings (SSSR count). The molecule has 0 amide bonds. The van der Waals surface area contributed by atoms with Crippen LogP contribution in [0.25, 0.3) is 0 Å². The second kappa shape index (κ2) is 6.66. The van der Waals surface area contributed by atoms with Crippen LogP contribution in [0, 0.1) is 5.92 Å². The SMILES string of the molecule is CC(C)CC(N)C(O)c1ccc(OC(F)F)cc1. The van der Waals surface area contributed by atoms with Crippen molar-refractivity contribution in [3.05, 3.63) is 29.8 Å². The molecule has 0 aliphatic carbocycles. The van der Waals surface area contributed by atoms with E-state index in [-0.39, 0.29) is 11.8 Å². The third-order valence-corrected chi connectivity index (χ3v) is 2.60. The molecule has 5 heteroatoms. The Morgan fingerprint density at radius 2 is 1.78 bits per heavy atom. The molecular formula is C13H19F2NO2. The first kappa shape index (κ1) is 14.9. The van der Waals surface area contributed by atoms with Crippen LogP contribution in [-0.2, 0) is 0 Å². The Hall–Kier alpha value is -1.20. The van der Waals surface area contributed by atoms with E-state index >= 15 is 0 Å². The number of nitrogens with two attached hydrogens (primary N) is 1. The van der Waals surface area contributed by atoms with E-state index in [4.69, 9.17) is 5.73 Å². The van der Waals surface area contributed by atoms with Crippen molar-refractivity contribution < 1.29 is 18.6 Å². The van der Waals surface area contributed by atoms with Gasteiger partial charge in [0.2, 0.25) is 0 Å². The number of aliphatic hydroxyl groups excluding tert-OH is 1. The lowest BCUT2D eigenvalue weighted by Crippen LogP contribution is -2.29. The zero-order valence-electron chi connectivity index (χ0n) is 10.5. The maximum absolute atomic E-state index is 12.0. The first-order chi connectivity index (χ1) is 8.40. The number of hydrogen-bond donors (Lipinski definition) is 2. The third kappa shape index (κ3) is 4.58. The standard InChI is InChI=1S/C13H19F2NO2/c1-8(2)7-11(16)12(17)9-3-5-10(6-4-9)18-13(14)15/h3-6,8,11-13,17H,7,16H2,1-2H3. The molecule has 3 nitrogen and oxygen atoms in total. The van der Waals surface area contributed by atoms with Crippen LogP contribution in [0.5, 0.6) is 5.75 Å². The predicted octanol–water partition coefficient (Wildman–Crippen LogP) is 2.69. The van der Waals surface area contributed by atoms with Crippen molar-refractivity contribution in [3.8, 4) is 5.75 Å². The van der Waals surface area contributed by atoms with Gasteiger partial charge in [0.25, 0.3) is 0 Å². The summed E-state index contributed by atoms with van der Waals surface area (Å²) in [5.74, 6) is 0.453. The summed E-state index contributed by atoms with van der Waals surface area (Å²) in [5, 5.41) is 10.00. The van der Waals surface area contributed by atoms with E-state index < -0.39 is 12.7 Å². The smallest absolute Gasteiger partial charge is 0.387 e. The first-order valence-corrected chi connectivity index (χ1v) is 5.88. The first-order valence-electron chi connectivity index (χ1n) is 5.88. The Kier molecular flexibility index (Phi) is 5.50. The molecule has 0 spiro atoms. The van der Waals surface area contributed by atoms with Gasteiger partial charge in [0, 0.05) is 6.04 Å². The highest BCUT2D eigenvalue weighted by molar-refractivity contribution is 5.29. The number of hydrogen-bond acceptors (Lipinski definition) is 3. The number of ether oxygens (including phenoxy) is 1. The molecule has 2 atom stereocenters. The average Bonchev–Trinajstić information content (AvgIpc) is 2.27. The molecule has 0 radical (unpaired) electrons. The van der Waals surface area contributed by atoms with E-state index in [2.05, 4.69) is 4.74 Å². The van der Waals surface area contributed by atoms with Crippen LogP contribution in [0.4, 0.5) is 8.78 Å². The maximum Gasteiger partial charge on any atom is 0.387 e. The van der Waals surface area contributed by atoms with Crippen molar-refractivity contribution in [2.45, 2.75) is 39.0 Å². The van der Waals surface area contributed by atoms with Gasteiger partial charge in [-0.25, -0.2) is 0 Å². The second-order valence-corrected chi connectivity index (χ2v) is 4.69. The molecular weight excluding hydrogens is 240 g/mol. The van der Waals surface area contributed by atoms with Crippen molar-refractivity contribution >= 4 is 0 Å². The summed E-state index contributed by atoms with van der Waals surface area (Å²) >= 11 is 0. The third-order valence-electron chi connectivity index (χ3n) is 2.60. The van der Waals surface area contributed by atoms with Gasteiger partial charge in [0.05, 0.1) is 6.10 Å². The molecule has 1 aromatic carbocycles. The summed E-state index contributed by atoms with van der Waals surface area (Å²) < 4.78 is 28.1. The number of benzene rings is 1. The molecule has 0 bridgehead atoms. The molecule has 18 heavy (non-hydrogen) atoms. The number of rotatable bonds is 6. The normalized spacial score (nSPS) is 14.9. The fourth-order valence-corrected chi connectivity index (χ4v) is 1.77. The Labute approximate surface area is 106 Å². The maximum atomic E-state index is 12.0. The van der Waals surface area contributed by atoms with Gasteiger partial charge in [-0.2, -0.15) is 8.78 Å². The molecule has 0 aliphatic heterocycles. The zero-order valence-corrected chi connectivity index (χ0v) is 10.5. The molecule has 0 saturated heterocycles. The topological polar surface area (TPSA) is 55.5 Å². The molecule has 3 N–H and O–H groups in total. The van der Waals surface area contributed by atoms with Gasteiger partial charge in [-0.05, 0) is 30.0 Å². The minimum absolute atomic E-state index is 0.0679. The van der Waals surface area contributed by atoms with Gasteiger partial charge in [0.15, 0.2) is 0 Å². The van der Waals surface area contributed by atoms with Gasteiger partial charge in [0.1, 0.15) is 5.75 Å². The highest BCUT2D eigenvalue weighted by Gasteiger charge is 2.18. The number of alkyl halides is 2. The van der Waals surface area contributed by atoms with Crippen LogP contribution in [0.1, 0.15) is 31.9 Å². The monoisotopic (exact) mass is 259 g/mol. The van der Waals surface area contributed by atoms with Crippen LogP contribution in [-0.4, -0.2) is 17.8 Å². The lowest BCUT2D eigenvalue weighted by molar-refractivity contribution is -0.0498. The van der Waals surface area contributed by atoms with Crippen molar-refractivity contribution in [2.24, 2.45) is 11.7 Å². The van der Waals surface area contributed by atoms with Gasteiger partial charge in [-0.3, -0.25) is 0 Å². The van der Waals surface area contributed by atoms with Crippen molar-refractivity contribution in [1.29, 1.82) is 0 Å². The van der Waals surface area contributed by atoms with Crippen LogP contribution in [0.15, 0.2) is 24.3 Å². The molecule has 0 fully saturated rings. The predicted molar refractivity (Wildman–Crippen MR) is 65.5 cm³/mol. The quantitative estimate of drug-likeness (QED) is 0.825. The fourth-order valence-electron chi connectivity index (χ4n) is 1.77. The van der Waals surface area contributed by atoms with Gasteiger partial charge in [-0.1, -0.05) is 26.0 Å². The number of aliphatic hydroxyl groups is 1. The van der Waals surface area contributed by atoms with E-state index in [9.17, 15) is 13.9 Å². The summed E-state index contributed by atoms with van der Waals surface area (Å²) in [6.07, 6.45) is -0.107. The zero-order chi connectivity index (χ0) is 13.7. The van der Waals surface area contributed by atoms with Gasteiger partial charge >= 0.3 is 6.61 Å². The van der Waals surface area contributed by atoms with Gasteiger partial charge < -0.3 is 15.6 Å². The Bertz CT molecular complexity index is 355. The highest BCUT2D eigenvalue weighted by Crippen LogP contribution is 2.23. The van der Waals surface area contributed by atoms with E-state index in [1.54, 1.807) is 12.1 Å². The molecule has 0 aliphatic rings. The van der Waals surface area contributed by atoms with E-state index in [1.807, 2.05) is 13.8 Å². The van der Waals surface area contributed by atoms with Crippen LogP contribution < -0.4 is 10.5 Å². The Balaban J connectivity index is 2.66. The summed E-state index contributed by atoms with van der Waals surface area (Å²) in [6.45, 7) is 1.20. The van der Waals surface area contributed by atoms with Crippen LogP contribution in [0.2, 0.25) is 0 Å². The lowest BCUT2D eigenvalue weighted by atomic mass is 9.95. The minimum atomic E-state index is -2.84. The fraction of sp³-hybridized carbons (Fsp3) is 0.538. The van der Waals surface area contributed by atoms with Crippen molar-refractivity contribution in [2.75, 3.05) is 0 Å². The molecule has 0 heterocycles. The Morgan fingerprint density at radius 3 is 2.22 bits per heavy atom. The van der Waals surface area contributed by atoms with E-state index in [0.717, 1.165) is 0 Å². The minimum Gasteiger partial charge on any atom is -0.435 e. The summed E-state index contributed by atoms with van der Waals surface area (Å²) in [7, 11) is 0. The van der Waals surface area contributed by atoms with Crippen LogP contribution in [0.3, 0.4) is 0 Å². The highest BCUT2D eigenvalue weighted by atomic mass is 19.3. The van der Waals surface area contributed by atoms with Crippen LogP contribution >= 0.6 is 0 Å². The van der Waals surface area contributed by atoms with E-state index in [1.165, 1.54) is 12.1 Å². The van der Waals surface area contributed by atoms with Gasteiger partial charge in [-0.15, -0.1) is 0 Å². The molecule has 2 unspecified atom stereocenters. The summed E-state index contributed by atoms with van der Waals surface area (Å²) in [6, 6.07) is 5.51. The average molecular weight is 259 g/mol. The van der Waals surface area contributed by atoms with E-state index in [0.29, 0.717) is 17.9 Å². The Morgan fingerprint density at radius 1 is 1.22 bits per heavy atom. The molecule has 102 valence electrons. The lowest BCUT2D eigenvalue weighted by Gasteiger charge is -2.21. The summed E-state index contributed by atoms with van der Waals surface area (Å²) in [5.41, 5.74) is 6.47. The molecule has 0 saturated carbocycles. The molecule has 1 aromatic rings. The number of halogens is 2. The van der Waals surface area contributed by atoms with Crippen molar-refractivity contribution in [1.82, 2.24) is 0 Å². The second-order valence-electron chi connectivity index (χ2n) is 4.69. The molecule has 0 aromatic heterocycles. The largest absolute Gasteiger partial charge is 0.435 e.